The van der Waals surface area contributed by atoms with E-state index in [9.17, 15) is 21.6 Å². The van der Waals surface area contributed by atoms with E-state index in [0.717, 1.165) is 27.8 Å². The highest BCUT2D eigenvalue weighted by molar-refractivity contribution is 7.92. The number of carbonyl (C=O) groups excluding carboxylic acids is 1. The number of sulfonamides is 2. The van der Waals surface area contributed by atoms with Crippen LogP contribution in [0.1, 0.15) is 64.5 Å². The van der Waals surface area contributed by atoms with Crippen LogP contribution >= 0.6 is 0 Å². The van der Waals surface area contributed by atoms with Crippen molar-refractivity contribution < 1.29 is 21.6 Å². The van der Waals surface area contributed by atoms with E-state index < -0.39 is 20.0 Å². The van der Waals surface area contributed by atoms with Crippen LogP contribution in [0.15, 0.2) is 58.3 Å². The summed E-state index contributed by atoms with van der Waals surface area (Å²) in [7, 11) is -7.55. The van der Waals surface area contributed by atoms with Gasteiger partial charge in [0.15, 0.2) is 0 Å². The predicted molar refractivity (Wildman–Crippen MR) is 167 cm³/mol. The van der Waals surface area contributed by atoms with Gasteiger partial charge < -0.3 is 4.90 Å². The Kier molecular flexibility index (Phi) is 8.66. The molecule has 3 aromatic rings. The number of benzene rings is 3. The molecule has 0 saturated carbocycles. The second-order valence-electron chi connectivity index (χ2n) is 12.2. The van der Waals surface area contributed by atoms with Crippen molar-refractivity contribution >= 4 is 31.6 Å². The average Bonchev–Trinajstić information content (AvgIpc) is 2.91. The SMILES string of the molecule is Cc1ccc(C(C)(C)C)cc1S(=O)(=O)Nc1ccc(C(=O)N2CCN(S(=O)(=O)c3c(C)c(C)cc(C)c3C)CC2)cc1. The van der Waals surface area contributed by atoms with Crippen molar-refractivity contribution in [3.8, 4) is 0 Å². The minimum absolute atomic E-state index is 0.199. The van der Waals surface area contributed by atoms with Gasteiger partial charge in [0.25, 0.3) is 15.9 Å². The van der Waals surface area contributed by atoms with Gasteiger partial charge in [-0.3, -0.25) is 9.52 Å². The van der Waals surface area contributed by atoms with Crippen LogP contribution in [0.25, 0.3) is 0 Å². The van der Waals surface area contributed by atoms with Gasteiger partial charge in [-0.05, 0) is 104 Å². The molecule has 0 spiro atoms. The zero-order valence-corrected chi connectivity index (χ0v) is 27.3. The molecule has 10 heteroatoms. The van der Waals surface area contributed by atoms with Crippen molar-refractivity contribution in [3.63, 3.8) is 0 Å². The molecule has 226 valence electrons. The number of hydrogen-bond acceptors (Lipinski definition) is 5. The number of nitrogens with zero attached hydrogens (tertiary/aromatic N) is 2. The van der Waals surface area contributed by atoms with Gasteiger partial charge in [0, 0.05) is 37.4 Å². The Bertz CT molecular complexity index is 1710. The molecule has 1 N–H and O–H groups in total. The molecule has 8 nitrogen and oxygen atoms in total. The van der Waals surface area contributed by atoms with Crippen molar-refractivity contribution in [3.05, 3.63) is 87.5 Å². The zero-order chi connectivity index (χ0) is 31.2. The van der Waals surface area contributed by atoms with E-state index in [2.05, 4.69) is 4.72 Å². The van der Waals surface area contributed by atoms with Crippen molar-refractivity contribution in [2.45, 2.75) is 70.6 Å². The Balaban J connectivity index is 1.45. The number of hydrogen-bond donors (Lipinski definition) is 1. The van der Waals surface area contributed by atoms with E-state index in [1.165, 1.54) is 4.31 Å². The molecule has 42 heavy (non-hydrogen) atoms. The highest BCUT2D eigenvalue weighted by Gasteiger charge is 2.33. The Labute approximate surface area is 250 Å². The van der Waals surface area contributed by atoms with Gasteiger partial charge in [-0.25, -0.2) is 16.8 Å². The molecule has 4 rings (SSSR count). The summed E-state index contributed by atoms with van der Waals surface area (Å²) < 4.78 is 57.7. The predicted octanol–water partition coefficient (Wildman–Crippen LogP) is 5.47. The first-order valence-corrected chi connectivity index (χ1v) is 17.0. The second-order valence-corrected chi connectivity index (χ2v) is 15.7. The fourth-order valence-corrected chi connectivity index (χ4v) is 8.59. The minimum Gasteiger partial charge on any atom is -0.336 e. The first kappa shape index (κ1) is 31.7. The molecule has 1 amide bonds. The van der Waals surface area contributed by atoms with Crippen LogP contribution < -0.4 is 4.72 Å². The highest BCUT2D eigenvalue weighted by Crippen LogP contribution is 2.30. The van der Waals surface area contributed by atoms with Gasteiger partial charge in [-0.15, -0.1) is 0 Å². The third-order valence-electron chi connectivity index (χ3n) is 8.15. The fraction of sp³-hybridized carbons (Fsp3) is 0.406. The number of amides is 1. The zero-order valence-electron chi connectivity index (χ0n) is 25.7. The summed E-state index contributed by atoms with van der Waals surface area (Å²) in [4.78, 5) is 15.4. The summed E-state index contributed by atoms with van der Waals surface area (Å²) in [5.41, 5.74) is 5.49. The lowest BCUT2D eigenvalue weighted by molar-refractivity contribution is 0.0698. The van der Waals surface area contributed by atoms with E-state index in [0.29, 0.717) is 21.7 Å². The molecule has 0 aliphatic carbocycles. The molecule has 1 heterocycles. The maximum Gasteiger partial charge on any atom is 0.262 e. The topological polar surface area (TPSA) is 104 Å². The minimum atomic E-state index is -3.84. The molecule has 0 aromatic heterocycles. The van der Waals surface area contributed by atoms with Gasteiger partial charge in [-0.2, -0.15) is 4.31 Å². The van der Waals surface area contributed by atoms with Gasteiger partial charge in [0.1, 0.15) is 0 Å². The van der Waals surface area contributed by atoms with E-state index in [4.69, 9.17) is 0 Å². The fourth-order valence-electron chi connectivity index (χ4n) is 5.26. The lowest BCUT2D eigenvalue weighted by Crippen LogP contribution is -2.50. The summed E-state index contributed by atoms with van der Waals surface area (Å²) in [5.74, 6) is -0.228. The smallest absolute Gasteiger partial charge is 0.262 e. The van der Waals surface area contributed by atoms with Crippen LogP contribution in [0.5, 0.6) is 0 Å². The molecule has 1 saturated heterocycles. The van der Waals surface area contributed by atoms with Gasteiger partial charge in [0.2, 0.25) is 10.0 Å². The number of aryl methyl sites for hydroxylation is 3. The summed E-state index contributed by atoms with van der Waals surface area (Å²) in [5, 5.41) is 0. The molecular formula is C32H41N3O5S2. The molecule has 0 atom stereocenters. The molecular weight excluding hydrogens is 571 g/mol. The first-order chi connectivity index (χ1) is 19.4. The van der Waals surface area contributed by atoms with E-state index in [1.54, 1.807) is 42.2 Å². The van der Waals surface area contributed by atoms with Crippen LogP contribution in [0.3, 0.4) is 0 Å². The largest absolute Gasteiger partial charge is 0.336 e. The average molecular weight is 612 g/mol. The molecule has 0 unspecified atom stereocenters. The van der Waals surface area contributed by atoms with E-state index in [1.807, 2.05) is 66.7 Å². The Morgan fingerprint density at radius 3 is 1.81 bits per heavy atom. The lowest BCUT2D eigenvalue weighted by atomic mass is 9.87. The number of carbonyl (C=O) groups is 1. The van der Waals surface area contributed by atoms with Gasteiger partial charge >= 0.3 is 0 Å². The number of piperazine rings is 1. The third kappa shape index (κ3) is 6.26. The highest BCUT2D eigenvalue weighted by atomic mass is 32.2. The van der Waals surface area contributed by atoms with E-state index in [-0.39, 0.29) is 42.4 Å². The van der Waals surface area contributed by atoms with Crippen molar-refractivity contribution in [1.82, 2.24) is 9.21 Å². The first-order valence-electron chi connectivity index (χ1n) is 14.0. The monoisotopic (exact) mass is 611 g/mol. The second kappa shape index (κ2) is 11.5. The molecule has 1 aliphatic rings. The van der Waals surface area contributed by atoms with Crippen LogP contribution in [0, 0.1) is 34.6 Å². The summed E-state index contributed by atoms with van der Waals surface area (Å²) in [6, 6.07) is 13.8. The molecule has 0 radical (unpaired) electrons. The summed E-state index contributed by atoms with van der Waals surface area (Å²) >= 11 is 0. The van der Waals surface area contributed by atoms with E-state index >= 15 is 0 Å². The summed E-state index contributed by atoms with van der Waals surface area (Å²) in [6.45, 7) is 16.3. The van der Waals surface area contributed by atoms with Crippen molar-refractivity contribution in [1.29, 1.82) is 0 Å². The third-order valence-corrected chi connectivity index (χ3v) is 11.8. The van der Waals surface area contributed by atoms with Crippen LogP contribution in [-0.4, -0.2) is 58.1 Å². The maximum atomic E-state index is 13.6. The Hall–Kier alpha value is -3.21. The standard InChI is InChI=1S/C32H41N3O5S2/c1-21-9-12-27(32(6,7)8)20-29(21)41(37,38)33-28-13-10-26(11-14-28)31(36)34-15-17-35(18-16-34)42(39,40)30-24(4)22(2)19-23(3)25(30)5/h9-14,19-20,33H,15-18H2,1-8H3. The van der Waals surface area contributed by atoms with Gasteiger partial charge in [0.05, 0.1) is 9.79 Å². The normalized spacial score (nSPS) is 15.1. The number of anilines is 1. The summed E-state index contributed by atoms with van der Waals surface area (Å²) in [6.07, 6.45) is 0. The lowest BCUT2D eigenvalue weighted by Gasteiger charge is -2.35. The Morgan fingerprint density at radius 2 is 1.29 bits per heavy atom. The number of rotatable bonds is 6. The van der Waals surface area contributed by atoms with Crippen molar-refractivity contribution in [2.24, 2.45) is 0 Å². The number of nitrogens with one attached hydrogen (secondary N) is 1. The maximum absolute atomic E-state index is 13.6. The van der Waals surface area contributed by atoms with Crippen LogP contribution in [0.2, 0.25) is 0 Å². The Morgan fingerprint density at radius 1 is 0.738 bits per heavy atom. The molecule has 3 aromatic carbocycles. The van der Waals surface area contributed by atoms with Crippen molar-refractivity contribution in [2.75, 3.05) is 30.9 Å². The van der Waals surface area contributed by atoms with Crippen LogP contribution in [0.4, 0.5) is 5.69 Å². The van der Waals surface area contributed by atoms with Gasteiger partial charge in [-0.1, -0.05) is 39.0 Å². The molecule has 1 fully saturated rings. The quantitative estimate of drug-likeness (QED) is 0.398. The molecule has 1 aliphatic heterocycles. The van der Waals surface area contributed by atoms with Crippen LogP contribution in [-0.2, 0) is 25.5 Å². The molecule has 0 bridgehead atoms.